The van der Waals surface area contributed by atoms with Gasteiger partial charge in [0.25, 0.3) is 5.56 Å². The largest absolute Gasteiger partial charge is 0.364 e. The van der Waals surface area contributed by atoms with E-state index in [1.165, 1.54) is 22.0 Å². The Morgan fingerprint density at radius 1 is 0.944 bits per heavy atom. The summed E-state index contributed by atoms with van der Waals surface area (Å²) in [7, 11) is 0. The second-order valence-electron chi connectivity index (χ2n) is 10.7. The zero-order valence-corrected chi connectivity index (χ0v) is 20.5. The highest BCUT2D eigenvalue weighted by atomic mass is 16.1. The van der Waals surface area contributed by atoms with Crippen LogP contribution in [0, 0.1) is 0 Å². The minimum absolute atomic E-state index is 0.0651. The van der Waals surface area contributed by atoms with E-state index in [9.17, 15) is 4.79 Å². The summed E-state index contributed by atoms with van der Waals surface area (Å²) in [6.45, 7) is 3.62. The quantitative estimate of drug-likeness (QED) is 0.461. The van der Waals surface area contributed by atoms with E-state index in [1.807, 2.05) is 6.20 Å². The molecule has 1 aliphatic carbocycles. The van der Waals surface area contributed by atoms with Crippen LogP contribution in [-0.2, 0) is 24.8 Å². The Balaban J connectivity index is 1.13. The Kier molecular flexibility index (Phi) is 5.08. The first kappa shape index (κ1) is 21.6. The lowest BCUT2D eigenvalue weighted by molar-refractivity contribution is 0.347. The van der Waals surface area contributed by atoms with Crippen LogP contribution in [0.4, 0.5) is 11.6 Å². The van der Waals surface area contributed by atoms with Crippen molar-refractivity contribution in [2.75, 3.05) is 29.4 Å². The molecule has 1 fully saturated rings. The summed E-state index contributed by atoms with van der Waals surface area (Å²) in [4.78, 5) is 30.3. The first-order valence-electron chi connectivity index (χ1n) is 13.2. The molecule has 7 rings (SSSR count). The van der Waals surface area contributed by atoms with Crippen molar-refractivity contribution >= 4 is 22.4 Å². The number of aromatic amines is 1. The van der Waals surface area contributed by atoms with Gasteiger partial charge in [0.1, 0.15) is 0 Å². The average molecular weight is 478 g/mol. The Morgan fingerprint density at radius 3 is 2.61 bits per heavy atom. The van der Waals surface area contributed by atoms with Gasteiger partial charge in [0.05, 0.1) is 17.9 Å². The van der Waals surface area contributed by atoms with Gasteiger partial charge in [0.2, 0.25) is 5.95 Å². The molecule has 0 atom stereocenters. The van der Waals surface area contributed by atoms with E-state index in [0.717, 1.165) is 87.6 Å². The molecule has 3 aliphatic rings. The van der Waals surface area contributed by atoms with Gasteiger partial charge in [-0.25, -0.2) is 4.98 Å². The van der Waals surface area contributed by atoms with Crippen LogP contribution >= 0.6 is 0 Å². The molecule has 6 nitrogen and oxygen atoms in total. The number of H-pyrrole nitrogens is 1. The number of hydrogen-bond acceptors (Lipinski definition) is 5. The molecule has 4 aromatic rings. The molecular formula is C30H31N5O. The highest BCUT2D eigenvalue weighted by Crippen LogP contribution is 2.47. The lowest BCUT2D eigenvalue weighted by Crippen LogP contribution is -2.46. The number of benzene rings is 2. The lowest BCUT2D eigenvalue weighted by Gasteiger charge is -2.40. The summed E-state index contributed by atoms with van der Waals surface area (Å²) < 4.78 is 0. The van der Waals surface area contributed by atoms with Gasteiger partial charge in [-0.3, -0.25) is 14.8 Å². The number of nitrogens with zero attached hydrogens (tertiary/aromatic N) is 4. The second-order valence-corrected chi connectivity index (χ2v) is 10.7. The van der Waals surface area contributed by atoms with Gasteiger partial charge in [-0.1, -0.05) is 42.5 Å². The zero-order valence-electron chi connectivity index (χ0n) is 20.5. The van der Waals surface area contributed by atoms with Gasteiger partial charge in [-0.2, -0.15) is 0 Å². The van der Waals surface area contributed by atoms with Crippen LogP contribution in [-0.4, -0.2) is 34.6 Å². The fourth-order valence-corrected chi connectivity index (χ4v) is 6.60. The Hall–Kier alpha value is -3.67. The van der Waals surface area contributed by atoms with Crippen LogP contribution in [0.1, 0.15) is 48.2 Å². The third kappa shape index (κ3) is 3.58. The Bertz CT molecular complexity index is 1500. The van der Waals surface area contributed by atoms with E-state index in [0.29, 0.717) is 0 Å². The first-order chi connectivity index (χ1) is 17.7. The predicted octanol–water partition coefficient (Wildman–Crippen LogP) is 4.76. The SMILES string of the molecule is O=c1[nH]c(N2CCC3(CC2)CN(Cc2cc4ccccc4cn2)c2ccccc23)nc2c1CCCC2. The maximum absolute atomic E-state index is 12.7. The molecule has 6 heteroatoms. The third-order valence-corrected chi connectivity index (χ3v) is 8.55. The number of rotatable bonds is 3. The number of piperidine rings is 1. The molecule has 1 N–H and O–H groups in total. The maximum atomic E-state index is 12.7. The van der Waals surface area contributed by atoms with E-state index in [2.05, 4.69) is 69.4 Å². The van der Waals surface area contributed by atoms with Gasteiger partial charge >= 0.3 is 0 Å². The molecule has 4 heterocycles. The monoisotopic (exact) mass is 477 g/mol. The first-order valence-corrected chi connectivity index (χ1v) is 13.2. The minimum Gasteiger partial charge on any atom is -0.364 e. The number of hydrogen-bond donors (Lipinski definition) is 1. The van der Waals surface area contributed by atoms with Gasteiger partial charge in [0.15, 0.2) is 0 Å². The topological polar surface area (TPSA) is 65.1 Å². The van der Waals surface area contributed by atoms with Crippen molar-refractivity contribution in [1.82, 2.24) is 15.0 Å². The van der Waals surface area contributed by atoms with Crippen molar-refractivity contribution in [2.45, 2.75) is 50.5 Å². The number of aryl methyl sites for hydroxylation is 1. The van der Waals surface area contributed by atoms with Gasteiger partial charge in [-0.05, 0) is 61.6 Å². The fourth-order valence-electron chi connectivity index (χ4n) is 6.60. The summed E-state index contributed by atoms with van der Waals surface area (Å²) in [6.07, 6.45) is 8.10. The number of anilines is 2. The van der Waals surface area contributed by atoms with Crippen molar-refractivity contribution in [1.29, 1.82) is 0 Å². The highest BCUT2D eigenvalue weighted by molar-refractivity contribution is 5.81. The average Bonchev–Trinajstić information content (AvgIpc) is 3.21. The van der Waals surface area contributed by atoms with Crippen LogP contribution < -0.4 is 15.4 Å². The molecule has 1 spiro atoms. The number of nitrogens with one attached hydrogen (secondary N) is 1. The zero-order chi connectivity index (χ0) is 24.1. The van der Waals surface area contributed by atoms with Crippen molar-refractivity contribution in [2.24, 2.45) is 0 Å². The summed E-state index contributed by atoms with van der Waals surface area (Å²) in [5.41, 5.74) is 6.00. The molecule has 0 amide bonds. The number of fused-ring (bicyclic) bond motifs is 4. The predicted molar refractivity (Wildman–Crippen MR) is 144 cm³/mol. The van der Waals surface area contributed by atoms with Gasteiger partial charge in [0, 0.05) is 47.9 Å². The molecular weight excluding hydrogens is 446 g/mol. The number of para-hydroxylation sites is 1. The standard InChI is InChI=1S/C30H31N5O/c36-28-24-9-3-5-11-26(24)32-29(33-28)34-15-13-30(14-16-34)20-35(27-12-6-4-10-25(27)30)19-23-17-21-7-1-2-8-22(21)18-31-23/h1-2,4,6-8,10,12,17-18H,3,5,9,11,13-16,19-20H2,(H,32,33,36). The molecule has 182 valence electrons. The van der Waals surface area contributed by atoms with E-state index >= 15 is 0 Å². The van der Waals surface area contributed by atoms with E-state index < -0.39 is 0 Å². The molecule has 2 aromatic carbocycles. The van der Waals surface area contributed by atoms with Crippen molar-refractivity contribution in [3.63, 3.8) is 0 Å². The van der Waals surface area contributed by atoms with Crippen LogP contribution in [0.5, 0.6) is 0 Å². The van der Waals surface area contributed by atoms with E-state index in [-0.39, 0.29) is 11.0 Å². The maximum Gasteiger partial charge on any atom is 0.255 e. The third-order valence-electron chi connectivity index (χ3n) is 8.55. The summed E-state index contributed by atoms with van der Waals surface area (Å²) in [5.74, 6) is 0.763. The van der Waals surface area contributed by atoms with Gasteiger partial charge < -0.3 is 9.80 Å². The smallest absolute Gasteiger partial charge is 0.255 e. The van der Waals surface area contributed by atoms with E-state index in [4.69, 9.17) is 9.97 Å². The number of aromatic nitrogens is 3. The summed E-state index contributed by atoms with van der Waals surface area (Å²) in [6, 6.07) is 19.6. The van der Waals surface area contributed by atoms with Gasteiger partial charge in [-0.15, -0.1) is 0 Å². The molecule has 0 bridgehead atoms. The highest BCUT2D eigenvalue weighted by Gasteiger charge is 2.44. The molecule has 0 radical (unpaired) electrons. The van der Waals surface area contributed by atoms with E-state index in [1.54, 1.807) is 0 Å². The van der Waals surface area contributed by atoms with Crippen molar-refractivity contribution < 1.29 is 0 Å². The van der Waals surface area contributed by atoms with Crippen LogP contribution in [0.3, 0.4) is 0 Å². The van der Waals surface area contributed by atoms with Crippen molar-refractivity contribution in [3.8, 4) is 0 Å². The molecule has 0 unspecified atom stereocenters. The van der Waals surface area contributed by atoms with Crippen LogP contribution in [0.15, 0.2) is 65.6 Å². The summed E-state index contributed by atoms with van der Waals surface area (Å²) >= 11 is 0. The van der Waals surface area contributed by atoms with Crippen LogP contribution in [0.25, 0.3) is 10.8 Å². The van der Waals surface area contributed by atoms with Crippen LogP contribution in [0.2, 0.25) is 0 Å². The summed E-state index contributed by atoms with van der Waals surface area (Å²) in [5, 5.41) is 2.42. The molecule has 1 saturated heterocycles. The molecule has 36 heavy (non-hydrogen) atoms. The fraction of sp³-hybridized carbons (Fsp3) is 0.367. The second kappa shape index (κ2) is 8.47. The number of pyridine rings is 1. The lowest BCUT2D eigenvalue weighted by atomic mass is 9.74. The Morgan fingerprint density at radius 2 is 1.72 bits per heavy atom. The van der Waals surface area contributed by atoms with Crippen molar-refractivity contribution in [3.05, 3.63) is 93.7 Å². The minimum atomic E-state index is 0.0651. The molecule has 2 aliphatic heterocycles. The molecule has 0 saturated carbocycles. The normalized spacial score (nSPS) is 18.4. The molecule has 2 aromatic heterocycles. The Labute approximate surface area is 211 Å².